The molecule has 0 aliphatic carbocycles. The van der Waals surface area contributed by atoms with Crippen molar-refractivity contribution in [2.24, 2.45) is 0 Å². The minimum Gasteiger partial charge on any atom is -0.494 e. The summed E-state index contributed by atoms with van der Waals surface area (Å²) < 4.78 is 14.3. The first-order valence-corrected chi connectivity index (χ1v) is 8.36. The lowest BCUT2D eigenvalue weighted by atomic mass is 10.1. The maximum absolute atomic E-state index is 8.70. The highest BCUT2D eigenvalue weighted by Crippen LogP contribution is 2.10. The zero-order valence-corrected chi connectivity index (χ0v) is 13.1. The zero-order chi connectivity index (χ0) is 15.1. The third kappa shape index (κ3) is 15.1. The van der Waals surface area contributed by atoms with Gasteiger partial charge in [0.25, 0.3) is 0 Å². The molecule has 0 atom stereocenters. The van der Waals surface area contributed by atoms with E-state index >= 15 is 0 Å². The van der Waals surface area contributed by atoms with Crippen LogP contribution in [0.1, 0.15) is 51.9 Å². The van der Waals surface area contributed by atoms with Crippen LogP contribution in [0.5, 0.6) is 5.75 Å². The minimum absolute atomic E-state index is 0.859. The van der Waals surface area contributed by atoms with Crippen molar-refractivity contribution in [1.29, 1.82) is 0 Å². The molecule has 4 nitrogen and oxygen atoms in total. The van der Waals surface area contributed by atoms with Crippen LogP contribution in [0, 0.1) is 0 Å². The fraction of sp³-hybridized carbons (Fsp3) is 0.600. The SMILES string of the molecule is CCCCCCCCCOc1ccccc1.O=[P+](O)O. The zero-order valence-electron chi connectivity index (χ0n) is 12.2. The first-order valence-electron chi connectivity index (χ1n) is 7.19. The van der Waals surface area contributed by atoms with Crippen molar-refractivity contribution in [3.05, 3.63) is 30.3 Å². The fourth-order valence-electron chi connectivity index (χ4n) is 1.77. The number of para-hydroxylation sites is 1. The Morgan fingerprint density at radius 2 is 1.45 bits per heavy atom. The van der Waals surface area contributed by atoms with Crippen LogP contribution in [0.25, 0.3) is 0 Å². The highest BCUT2D eigenvalue weighted by atomic mass is 31.1. The molecule has 2 N–H and O–H groups in total. The van der Waals surface area contributed by atoms with Crippen molar-refractivity contribution in [3.8, 4) is 5.75 Å². The van der Waals surface area contributed by atoms with E-state index < -0.39 is 8.25 Å². The topological polar surface area (TPSA) is 66.8 Å². The van der Waals surface area contributed by atoms with Gasteiger partial charge in [-0.15, -0.1) is 9.79 Å². The Bertz CT molecular complexity index is 326. The summed E-state index contributed by atoms with van der Waals surface area (Å²) in [5.74, 6) is 0.994. The normalized spacial score (nSPS) is 9.55. The average molecular weight is 301 g/mol. The van der Waals surface area contributed by atoms with Gasteiger partial charge in [0.2, 0.25) is 0 Å². The summed E-state index contributed by atoms with van der Waals surface area (Å²) in [6.45, 7) is 3.12. The number of benzene rings is 1. The van der Waals surface area contributed by atoms with Crippen LogP contribution in [-0.2, 0) is 4.57 Å². The summed E-state index contributed by atoms with van der Waals surface area (Å²) in [4.78, 5) is 14.2. The molecular weight excluding hydrogens is 275 g/mol. The summed E-state index contributed by atoms with van der Waals surface area (Å²) in [5.41, 5.74) is 0. The molecule has 0 amide bonds. The van der Waals surface area contributed by atoms with Gasteiger partial charge in [0.05, 0.1) is 6.61 Å². The molecule has 0 radical (unpaired) electrons. The standard InChI is InChI=1S/C15H24O.HO3P/c1-2-3-4-5-6-7-11-14-16-15-12-9-8-10-13-15;1-4(2)3/h8-10,12-13H,2-7,11,14H2,1H3;(H-,1,2,3)/p+1. The fourth-order valence-corrected chi connectivity index (χ4v) is 1.77. The van der Waals surface area contributed by atoms with Crippen LogP contribution >= 0.6 is 8.25 Å². The van der Waals surface area contributed by atoms with Gasteiger partial charge in [0.1, 0.15) is 5.75 Å². The third-order valence-electron chi connectivity index (χ3n) is 2.76. The Morgan fingerprint density at radius 3 is 2.00 bits per heavy atom. The molecule has 0 spiro atoms. The summed E-state index contributed by atoms with van der Waals surface area (Å²) in [6.07, 6.45) is 9.35. The maximum Gasteiger partial charge on any atom is 0.692 e. The molecule has 0 heterocycles. The van der Waals surface area contributed by atoms with Gasteiger partial charge in [0, 0.05) is 4.57 Å². The first-order chi connectivity index (χ1) is 9.66. The van der Waals surface area contributed by atoms with Crippen LogP contribution in [0.15, 0.2) is 30.3 Å². The van der Waals surface area contributed by atoms with E-state index in [4.69, 9.17) is 19.1 Å². The Morgan fingerprint density at radius 1 is 0.950 bits per heavy atom. The van der Waals surface area contributed by atoms with Gasteiger partial charge in [0.15, 0.2) is 0 Å². The number of ether oxygens (including phenoxy) is 1. The largest absolute Gasteiger partial charge is 0.692 e. The van der Waals surface area contributed by atoms with Gasteiger partial charge >= 0.3 is 8.25 Å². The van der Waals surface area contributed by atoms with Crippen molar-refractivity contribution >= 4 is 8.25 Å². The number of rotatable bonds is 9. The molecule has 0 saturated carbocycles. The van der Waals surface area contributed by atoms with Gasteiger partial charge in [-0.25, -0.2) is 0 Å². The van der Waals surface area contributed by atoms with E-state index in [-0.39, 0.29) is 0 Å². The highest BCUT2D eigenvalue weighted by Gasteiger charge is 1.93. The van der Waals surface area contributed by atoms with E-state index in [9.17, 15) is 0 Å². The lowest BCUT2D eigenvalue weighted by Gasteiger charge is -2.05. The minimum atomic E-state index is -2.87. The Labute approximate surface area is 122 Å². The molecule has 20 heavy (non-hydrogen) atoms. The molecule has 0 saturated heterocycles. The third-order valence-corrected chi connectivity index (χ3v) is 2.76. The van der Waals surface area contributed by atoms with E-state index in [1.807, 2.05) is 30.3 Å². The number of hydrogen-bond donors (Lipinski definition) is 2. The van der Waals surface area contributed by atoms with E-state index in [0.29, 0.717) is 0 Å². The summed E-state index contributed by atoms with van der Waals surface area (Å²) in [7, 11) is -2.87. The predicted octanol–water partition coefficient (Wildman–Crippen LogP) is 4.44. The second-order valence-electron chi connectivity index (χ2n) is 4.54. The molecule has 1 aromatic rings. The van der Waals surface area contributed by atoms with Crippen molar-refractivity contribution in [3.63, 3.8) is 0 Å². The highest BCUT2D eigenvalue weighted by molar-refractivity contribution is 7.30. The molecular formula is C15H26O4P+. The Hall–Kier alpha value is -0.960. The van der Waals surface area contributed by atoms with Crippen molar-refractivity contribution < 1.29 is 19.1 Å². The van der Waals surface area contributed by atoms with Gasteiger partial charge in [-0.2, -0.15) is 0 Å². The van der Waals surface area contributed by atoms with Crippen LogP contribution in [0.4, 0.5) is 0 Å². The first kappa shape index (κ1) is 19.0. The summed E-state index contributed by atoms with van der Waals surface area (Å²) in [6, 6.07) is 10.1. The predicted molar refractivity (Wildman–Crippen MR) is 82.0 cm³/mol. The van der Waals surface area contributed by atoms with Gasteiger partial charge < -0.3 is 4.74 Å². The molecule has 114 valence electrons. The van der Waals surface area contributed by atoms with Crippen LogP contribution < -0.4 is 4.74 Å². The molecule has 0 aliphatic heterocycles. The van der Waals surface area contributed by atoms with Crippen LogP contribution in [-0.4, -0.2) is 16.4 Å². The average Bonchev–Trinajstić information content (AvgIpc) is 2.42. The lowest BCUT2D eigenvalue weighted by molar-refractivity contribution is 0.304. The number of unbranched alkanes of at least 4 members (excludes halogenated alkanes) is 6. The maximum atomic E-state index is 8.70. The van der Waals surface area contributed by atoms with E-state index in [1.165, 1.54) is 44.9 Å². The second-order valence-corrected chi connectivity index (χ2v) is 5.04. The smallest absolute Gasteiger partial charge is 0.494 e. The lowest BCUT2D eigenvalue weighted by Crippen LogP contribution is -1.96. The van der Waals surface area contributed by atoms with E-state index in [1.54, 1.807) is 0 Å². The van der Waals surface area contributed by atoms with Gasteiger partial charge in [-0.1, -0.05) is 63.6 Å². The van der Waals surface area contributed by atoms with Gasteiger partial charge in [-0.3, -0.25) is 0 Å². The molecule has 0 fully saturated rings. The van der Waals surface area contributed by atoms with Crippen LogP contribution in [0.2, 0.25) is 0 Å². The van der Waals surface area contributed by atoms with E-state index in [0.717, 1.165) is 12.4 Å². The summed E-state index contributed by atoms with van der Waals surface area (Å²) >= 11 is 0. The second kappa shape index (κ2) is 14.4. The molecule has 0 aromatic heterocycles. The molecule has 0 bridgehead atoms. The van der Waals surface area contributed by atoms with Crippen molar-refractivity contribution in [1.82, 2.24) is 0 Å². The molecule has 1 rings (SSSR count). The molecule has 0 unspecified atom stereocenters. The van der Waals surface area contributed by atoms with Crippen molar-refractivity contribution in [2.75, 3.05) is 6.61 Å². The van der Waals surface area contributed by atoms with Crippen LogP contribution in [0.3, 0.4) is 0 Å². The summed E-state index contributed by atoms with van der Waals surface area (Å²) in [5, 5.41) is 0. The molecule has 5 heteroatoms. The Balaban J connectivity index is 0.000000796. The quantitative estimate of drug-likeness (QED) is 0.522. The monoisotopic (exact) mass is 301 g/mol. The Kier molecular flexibility index (Phi) is 13.8. The number of hydrogen-bond acceptors (Lipinski definition) is 2. The van der Waals surface area contributed by atoms with Crippen molar-refractivity contribution in [2.45, 2.75) is 51.9 Å². The molecule has 0 aliphatic rings. The molecule has 1 aromatic carbocycles. The van der Waals surface area contributed by atoms with Gasteiger partial charge in [-0.05, 0) is 18.6 Å². The van der Waals surface area contributed by atoms with E-state index in [2.05, 4.69) is 6.92 Å².